The van der Waals surface area contributed by atoms with Crippen LogP contribution < -0.4 is 0 Å². The van der Waals surface area contributed by atoms with E-state index in [1.165, 1.54) is 19.1 Å². The van der Waals surface area contributed by atoms with Gasteiger partial charge in [0.25, 0.3) is 5.69 Å². The highest BCUT2D eigenvalue weighted by molar-refractivity contribution is 6.27. The second-order valence-corrected chi connectivity index (χ2v) is 5.37. The zero-order valence-corrected chi connectivity index (χ0v) is 13.0. The number of allylic oxidation sites excluding steroid dienone is 1. The lowest BCUT2D eigenvalue weighted by molar-refractivity contribution is -0.384. The van der Waals surface area contributed by atoms with Crippen molar-refractivity contribution in [1.82, 2.24) is 4.98 Å². The van der Waals surface area contributed by atoms with Gasteiger partial charge < -0.3 is 0 Å². The molecule has 5 nitrogen and oxygen atoms in total. The van der Waals surface area contributed by atoms with Crippen LogP contribution in [-0.4, -0.2) is 15.7 Å². The minimum atomic E-state index is -0.450. The highest BCUT2D eigenvalue weighted by Crippen LogP contribution is 2.27. The zero-order chi connectivity index (χ0) is 17.1. The molecule has 118 valence electrons. The van der Waals surface area contributed by atoms with Crippen molar-refractivity contribution in [1.29, 1.82) is 0 Å². The summed E-state index contributed by atoms with van der Waals surface area (Å²) < 4.78 is 0. The van der Waals surface area contributed by atoms with Crippen LogP contribution in [0.4, 0.5) is 5.69 Å². The first kappa shape index (κ1) is 15.6. The first-order valence-corrected chi connectivity index (χ1v) is 7.36. The van der Waals surface area contributed by atoms with Gasteiger partial charge in [0.15, 0.2) is 5.78 Å². The number of nitro groups is 1. The number of pyridine rings is 1. The molecule has 24 heavy (non-hydrogen) atoms. The number of hydrogen-bond donors (Lipinski definition) is 0. The fraction of sp³-hybridized carbons (Fsp3) is 0.0526. The molecule has 0 fully saturated rings. The van der Waals surface area contributed by atoms with Gasteiger partial charge >= 0.3 is 0 Å². The van der Waals surface area contributed by atoms with Crippen molar-refractivity contribution in [3.05, 3.63) is 82.2 Å². The highest BCUT2D eigenvalue weighted by Gasteiger charge is 2.12. The summed E-state index contributed by atoms with van der Waals surface area (Å²) in [6.07, 6.45) is 5.10. The molecule has 0 atom stereocenters. The normalized spacial score (nSPS) is 11.5. The van der Waals surface area contributed by atoms with Crippen LogP contribution in [0.5, 0.6) is 0 Å². The van der Waals surface area contributed by atoms with Gasteiger partial charge in [-0.05, 0) is 35.6 Å². The van der Waals surface area contributed by atoms with Crippen molar-refractivity contribution >= 4 is 33.9 Å². The Hall–Kier alpha value is -3.34. The van der Waals surface area contributed by atoms with Gasteiger partial charge in [0.05, 0.1) is 4.92 Å². The number of nitrogens with zero attached hydrogens (tertiary/aromatic N) is 2. The summed E-state index contributed by atoms with van der Waals surface area (Å²) in [7, 11) is 0. The predicted octanol–water partition coefficient (Wildman–Crippen LogP) is 4.27. The minimum absolute atomic E-state index is 0.00577. The molecule has 2 aromatic carbocycles. The van der Waals surface area contributed by atoms with E-state index in [0.717, 1.165) is 16.3 Å². The van der Waals surface area contributed by atoms with Crippen molar-refractivity contribution in [2.24, 2.45) is 0 Å². The Bertz CT molecular complexity index is 972. The molecule has 0 saturated carbocycles. The topological polar surface area (TPSA) is 73.1 Å². The first-order valence-electron chi connectivity index (χ1n) is 7.36. The summed E-state index contributed by atoms with van der Waals surface area (Å²) in [5.74, 6) is -0.106. The van der Waals surface area contributed by atoms with E-state index < -0.39 is 4.92 Å². The molecule has 3 rings (SSSR count). The highest BCUT2D eigenvalue weighted by atomic mass is 16.6. The van der Waals surface area contributed by atoms with Crippen LogP contribution in [0, 0.1) is 10.1 Å². The number of carbonyl (C=O) groups excluding carboxylic acids is 1. The first-order chi connectivity index (χ1) is 11.6. The SMILES string of the molecule is CC(=O)/C(=C\c1cccc([N+](=O)[O-])c1)c1cccc2cnccc12. The second-order valence-electron chi connectivity index (χ2n) is 5.37. The third-order valence-corrected chi connectivity index (χ3v) is 3.74. The third kappa shape index (κ3) is 3.05. The molecule has 0 saturated heterocycles. The Morgan fingerprint density at radius 3 is 2.71 bits per heavy atom. The Balaban J connectivity index is 2.18. The van der Waals surface area contributed by atoms with Gasteiger partial charge in [0.1, 0.15) is 0 Å². The molecule has 0 spiro atoms. The van der Waals surface area contributed by atoms with Gasteiger partial charge in [0, 0.05) is 35.5 Å². The molecule has 0 radical (unpaired) electrons. The van der Waals surface area contributed by atoms with Gasteiger partial charge in [-0.25, -0.2) is 0 Å². The molecule has 1 heterocycles. The zero-order valence-electron chi connectivity index (χ0n) is 13.0. The smallest absolute Gasteiger partial charge is 0.270 e. The molecule has 0 N–H and O–H groups in total. The van der Waals surface area contributed by atoms with E-state index in [1.54, 1.807) is 30.6 Å². The fourth-order valence-corrected chi connectivity index (χ4v) is 2.62. The van der Waals surface area contributed by atoms with Crippen molar-refractivity contribution in [2.75, 3.05) is 0 Å². The van der Waals surface area contributed by atoms with Crippen molar-refractivity contribution in [2.45, 2.75) is 6.92 Å². The lowest BCUT2D eigenvalue weighted by Crippen LogP contribution is -1.97. The van der Waals surface area contributed by atoms with Gasteiger partial charge in [-0.1, -0.05) is 30.3 Å². The Morgan fingerprint density at radius 2 is 1.96 bits per heavy atom. The van der Waals surface area contributed by atoms with Gasteiger partial charge in [-0.2, -0.15) is 0 Å². The van der Waals surface area contributed by atoms with E-state index in [0.29, 0.717) is 11.1 Å². The van der Waals surface area contributed by atoms with E-state index in [4.69, 9.17) is 0 Å². The summed E-state index contributed by atoms with van der Waals surface area (Å²) >= 11 is 0. The number of rotatable bonds is 4. The molecular formula is C19H14N2O3. The molecular weight excluding hydrogens is 304 g/mol. The number of benzene rings is 2. The number of Topliss-reactive ketones (excluding diaryl/α,β-unsaturated/α-hetero) is 1. The van der Waals surface area contributed by atoms with Crippen LogP contribution in [0.25, 0.3) is 22.4 Å². The van der Waals surface area contributed by atoms with Crippen LogP contribution in [0.3, 0.4) is 0 Å². The maximum absolute atomic E-state index is 12.2. The summed E-state index contributed by atoms with van der Waals surface area (Å²) in [6, 6.07) is 13.7. The van der Waals surface area contributed by atoms with Crippen LogP contribution in [-0.2, 0) is 4.79 Å². The van der Waals surface area contributed by atoms with Crippen LogP contribution >= 0.6 is 0 Å². The molecule has 0 aliphatic carbocycles. The lowest BCUT2D eigenvalue weighted by Gasteiger charge is -2.08. The molecule has 0 aliphatic heterocycles. The molecule has 1 aromatic heterocycles. The van der Waals surface area contributed by atoms with E-state index in [2.05, 4.69) is 4.98 Å². The van der Waals surface area contributed by atoms with Crippen molar-refractivity contribution < 1.29 is 9.72 Å². The summed E-state index contributed by atoms with van der Waals surface area (Å²) in [4.78, 5) is 26.8. The Kier molecular flexibility index (Phi) is 4.16. The quantitative estimate of drug-likeness (QED) is 0.311. The number of nitro benzene ring substituents is 1. The van der Waals surface area contributed by atoms with Crippen LogP contribution in [0.2, 0.25) is 0 Å². The molecule has 3 aromatic rings. The number of carbonyl (C=O) groups is 1. The number of fused-ring (bicyclic) bond motifs is 1. The summed E-state index contributed by atoms with van der Waals surface area (Å²) in [6.45, 7) is 1.49. The molecule has 0 amide bonds. The van der Waals surface area contributed by atoms with Crippen LogP contribution in [0.15, 0.2) is 60.9 Å². The number of ketones is 1. The largest absolute Gasteiger partial charge is 0.294 e. The van der Waals surface area contributed by atoms with E-state index in [-0.39, 0.29) is 11.5 Å². The second kappa shape index (κ2) is 6.42. The van der Waals surface area contributed by atoms with E-state index in [9.17, 15) is 14.9 Å². The van der Waals surface area contributed by atoms with Gasteiger partial charge in [0.2, 0.25) is 0 Å². The molecule has 0 unspecified atom stereocenters. The summed E-state index contributed by atoms with van der Waals surface area (Å²) in [5.41, 5.74) is 1.90. The Morgan fingerprint density at radius 1 is 1.17 bits per heavy atom. The third-order valence-electron chi connectivity index (χ3n) is 3.74. The van der Waals surface area contributed by atoms with Crippen LogP contribution in [0.1, 0.15) is 18.1 Å². The average molecular weight is 318 g/mol. The fourth-order valence-electron chi connectivity index (χ4n) is 2.62. The molecule has 5 heteroatoms. The van der Waals surface area contributed by atoms with Crippen molar-refractivity contribution in [3.63, 3.8) is 0 Å². The average Bonchev–Trinajstić information content (AvgIpc) is 2.59. The van der Waals surface area contributed by atoms with E-state index in [1.807, 2.05) is 24.3 Å². The standard InChI is InChI=1S/C19H14N2O3/c1-13(22)19(11-14-4-2-6-16(10-14)21(23)24)18-7-3-5-15-12-20-9-8-17(15)18/h2-12H,1H3/b19-11+. The Labute approximate surface area is 138 Å². The van der Waals surface area contributed by atoms with Gasteiger partial charge in [-0.15, -0.1) is 0 Å². The lowest BCUT2D eigenvalue weighted by atomic mass is 9.95. The molecule has 0 aliphatic rings. The van der Waals surface area contributed by atoms with E-state index >= 15 is 0 Å². The predicted molar refractivity (Wildman–Crippen MR) is 93.4 cm³/mol. The van der Waals surface area contributed by atoms with Gasteiger partial charge in [-0.3, -0.25) is 19.9 Å². The maximum atomic E-state index is 12.2. The number of aromatic nitrogens is 1. The van der Waals surface area contributed by atoms with Crippen molar-refractivity contribution in [3.8, 4) is 0 Å². The molecule has 0 bridgehead atoms. The minimum Gasteiger partial charge on any atom is -0.294 e. The summed E-state index contributed by atoms with van der Waals surface area (Å²) in [5, 5.41) is 12.8. The maximum Gasteiger partial charge on any atom is 0.270 e. The number of hydrogen-bond acceptors (Lipinski definition) is 4. The number of non-ortho nitro benzene ring substituents is 1. The monoisotopic (exact) mass is 318 g/mol.